The number of benzene rings is 2. The molecule has 1 unspecified atom stereocenters. The zero-order valence-electron chi connectivity index (χ0n) is 26.5. The summed E-state index contributed by atoms with van der Waals surface area (Å²) in [5, 5.41) is 9.83. The van der Waals surface area contributed by atoms with Crippen LogP contribution in [0, 0.1) is 23.6 Å². The lowest BCUT2D eigenvalue weighted by molar-refractivity contribution is -0.119. The van der Waals surface area contributed by atoms with Crippen LogP contribution in [0.1, 0.15) is 72.6 Å². The second-order valence-electron chi connectivity index (χ2n) is 13.5. The number of aryl methyl sites for hydroxylation is 1. The molecular weight excluding hydrogens is 603 g/mol. The van der Waals surface area contributed by atoms with E-state index in [1.807, 2.05) is 30.3 Å². The number of piperidine rings is 1. The Kier molecular flexibility index (Phi) is 8.37. The average Bonchev–Trinajstić information content (AvgIpc) is 4.01. The maximum absolute atomic E-state index is 15.5. The van der Waals surface area contributed by atoms with Gasteiger partial charge in [0.1, 0.15) is 35.5 Å². The lowest BCUT2D eigenvalue weighted by Gasteiger charge is -2.46. The van der Waals surface area contributed by atoms with E-state index in [0.29, 0.717) is 61.2 Å². The van der Waals surface area contributed by atoms with Gasteiger partial charge in [-0.25, -0.2) is 9.18 Å². The SMILES string of the molecule is Cn1nccc1C(=O)N[C@H](C(=O)Nc1cc2c(cc1F)C(N)CC1(CCN(C(=O)OCc3ccccc3)CC1)O2)C(C1CC1)C1CC1. The van der Waals surface area contributed by atoms with Gasteiger partial charge in [0.25, 0.3) is 5.91 Å². The number of fused-ring (bicyclic) bond motifs is 1. The molecule has 1 saturated heterocycles. The van der Waals surface area contributed by atoms with Crippen LogP contribution in [0.5, 0.6) is 5.75 Å². The van der Waals surface area contributed by atoms with Gasteiger partial charge in [-0.2, -0.15) is 5.10 Å². The topological polar surface area (TPSA) is 141 Å². The van der Waals surface area contributed by atoms with Crippen LogP contribution in [0.3, 0.4) is 0 Å². The van der Waals surface area contributed by atoms with E-state index in [9.17, 15) is 14.4 Å². The number of carbonyl (C=O) groups excluding carboxylic acids is 3. The van der Waals surface area contributed by atoms with E-state index < -0.39 is 35.3 Å². The van der Waals surface area contributed by atoms with E-state index >= 15 is 4.39 Å². The summed E-state index contributed by atoms with van der Waals surface area (Å²) in [6, 6.07) is 12.7. The molecule has 2 aliphatic heterocycles. The molecule has 4 aliphatic rings. The molecule has 2 aromatic carbocycles. The van der Waals surface area contributed by atoms with Crippen molar-refractivity contribution in [3.05, 3.63) is 77.4 Å². The minimum atomic E-state index is -0.826. The first-order valence-corrected chi connectivity index (χ1v) is 16.5. The number of hydrogen-bond acceptors (Lipinski definition) is 7. The van der Waals surface area contributed by atoms with E-state index in [1.165, 1.54) is 23.0 Å². The minimum absolute atomic E-state index is 0.0228. The van der Waals surface area contributed by atoms with Crippen molar-refractivity contribution in [2.45, 2.75) is 69.2 Å². The Morgan fingerprint density at radius 1 is 1.09 bits per heavy atom. The van der Waals surface area contributed by atoms with Gasteiger partial charge in [-0.05, 0) is 61.1 Å². The van der Waals surface area contributed by atoms with Crippen LogP contribution in [-0.4, -0.2) is 57.3 Å². The lowest BCUT2D eigenvalue weighted by Crippen LogP contribution is -2.52. The number of hydrogen-bond donors (Lipinski definition) is 3. The summed E-state index contributed by atoms with van der Waals surface area (Å²) in [4.78, 5) is 41.6. The standard InChI is InChI=1S/C35H41FN6O5/c1-41-28(11-14-38-41)32(43)40-31(30(22-7-8-22)23-9-10-23)33(44)39-27-18-29-24(17-25(27)36)26(37)19-35(47-29)12-15-42(16-13-35)34(45)46-20-21-5-3-2-4-6-21/h2-6,11,14,17-18,22-23,26,30-31H,7-10,12-13,15-16,19-20,37H2,1H3,(H,39,44)(H,40,43)/t26?,31-/m0/s1. The molecule has 3 fully saturated rings. The largest absolute Gasteiger partial charge is 0.487 e. The summed E-state index contributed by atoms with van der Waals surface area (Å²) >= 11 is 0. The van der Waals surface area contributed by atoms with Crippen molar-refractivity contribution in [2.75, 3.05) is 18.4 Å². The molecule has 248 valence electrons. The monoisotopic (exact) mass is 644 g/mol. The van der Waals surface area contributed by atoms with Crippen molar-refractivity contribution in [3.8, 4) is 5.75 Å². The Morgan fingerprint density at radius 3 is 2.43 bits per heavy atom. The molecule has 11 nitrogen and oxygen atoms in total. The third kappa shape index (κ3) is 6.69. The molecule has 2 aliphatic carbocycles. The summed E-state index contributed by atoms with van der Waals surface area (Å²) < 4.78 is 29.1. The summed E-state index contributed by atoms with van der Waals surface area (Å²) in [5.74, 6) is -0.381. The molecule has 47 heavy (non-hydrogen) atoms. The Labute approximate surface area is 273 Å². The number of likely N-dealkylation sites (tertiary alicyclic amines) is 1. The summed E-state index contributed by atoms with van der Waals surface area (Å²) in [7, 11) is 1.67. The van der Waals surface area contributed by atoms with E-state index in [1.54, 1.807) is 18.0 Å². The minimum Gasteiger partial charge on any atom is -0.487 e. The van der Waals surface area contributed by atoms with E-state index in [0.717, 1.165) is 31.2 Å². The number of nitrogens with two attached hydrogens (primary N) is 1. The number of rotatable bonds is 9. The van der Waals surface area contributed by atoms with Crippen molar-refractivity contribution < 1.29 is 28.2 Å². The molecule has 12 heteroatoms. The second kappa shape index (κ2) is 12.6. The number of nitrogens with zero attached hydrogens (tertiary/aromatic N) is 3. The Morgan fingerprint density at radius 2 is 1.79 bits per heavy atom. The number of nitrogens with one attached hydrogen (secondary N) is 2. The Bertz CT molecular complexity index is 1630. The molecule has 3 aromatic rings. The second-order valence-corrected chi connectivity index (χ2v) is 13.5. The lowest BCUT2D eigenvalue weighted by atomic mass is 9.81. The van der Waals surface area contributed by atoms with Crippen LogP contribution in [0.15, 0.2) is 54.7 Å². The van der Waals surface area contributed by atoms with Crippen LogP contribution in [0.4, 0.5) is 14.9 Å². The molecule has 3 amide bonds. The zero-order valence-corrected chi connectivity index (χ0v) is 26.5. The van der Waals surface area contributed by atoms with Crippen LogP contribution in [0.25, 0.3) is 0 Å². The summed E-state index contributed by atoms with van der Waals surface area (Å²) in [6.45, 7) is 1.07. The van der Waals surface area contributed by atoms with E-state index in [4.69, 9.17) is 15.2 Å². The van der Waals surface area contributed by atoms with E-state index in [-0.39, 0.29) is 24.3 Å². The van der Waals surface area contributed by atoms with Gasteiger partial charge in [0.05, 0.1) is 5.69 Å². The molecule has 3 heterocycles. The molecule has 1 spiro atoms. The summed E-state index contributed by atoms with van der Waals surface area (Å²) in [5.41, 5.74) is 7.70. The quantitative estimate of drug-likeness (QED) is 0.307. The van der Waals surface area contributed by atoms with Crippen molar-refractivity contribution in [1.29, 1.82) is 0 Å². The smallest absolute Gasteiger partial charge is 0.410 e. The predicted molar refractivity (Wildman–Crippen MR) is 171 cm³/mol. The normalized spacial score (nSPS) is 20.7. The van der Waals surface area contributed by atoms with Crippen LogP contribution < -0.4 is 21.1 Å². The molecule has 2 saturated carbocycles. The van der Waals surface area contributed by atoms with Gasteiger partial charge in [0.2, 0.25) is 5.91 Å². The number of amides is 3. The molecule has 4 N–H and O–H groups in total. The number of aromatic nitrogens is 2. The maximum atomic E-state index is 15.5. The highest BCUT2D eigenvalue weighted by molar-refractivity contribution is 6.01. The van der Waals surface area contributed by atoms with Gasteiger partial charge in [-0.1, -0.05) is 30.3 Å². The van der Waals surface area contributed by atoms with Gasteiger partial charge in [0, 0.05) is 63.3 Å². The third-order valence-corrected chi connectivity index (χ3v) is 10.2. The van der Waals surface area contributed by atoms with Crippen LogP contribution in [0.2, 0.25) is 0 Å². The summed E-state index contributed by atoms with van der Waals surface area (Å²) in [6.07, 6.45) is 6.74. The fourth-order valence-electron chi connectivity index (χ4n) is 7.29. The van der Waals surface area contributed by atoms with Gasteiger partial charge >= 0.3 is 6.09 Å². The number of carbonyl (C=O) groups is 3. The molecule has 2 atom stereocenters. The number of halogens is 1. The molecular formula is C35H41FN6O5. The Balaban J connectivity index is 1.04. The fourth-order valence-corrected chi connectivity index (χ4v) is 7.29. The molecule has 0 radical (unpaired) electrons. The van der Waals surface area contributed by atoms with Crippen molar-refractivity contribution in [2.24, 2.45) is 30.5 Å². The van der Waals surface area contributed by atoms with Gasteiger partial charge in [0.15, 0.2) is 0 Å². The maximum Gasteiger partial charge on any atom is 0.410 e. The highest BCUT2D eigenvalue weighted by atomic mass is 19.1. The van der Waals surface area contributed by atoms with Crippen molar-refractivity contribution in [3.63, 3.8) is 0 Å². The van der Waals surface area contributed by atoms with Crippen LogP contribution >= 0.6 is 0 Å². The van der Waals surface area contributed by atoms with Gasteiger partial charge in [-0.15, -0.1) is 0 Å². The zero-order chi connectivity index (χ0) is 32.7. The highest BCUT2D eigenvalue weighted by Crippen LogP contribution is 2.51. The highest BCUT2D eigenvalue weighted by Gasteiger charge is 2.49. The first-order valence-electron chi connectivity index (χ1n) is 16.5. The third-order valence-electron chi connectivity index (χ3n) is 10.2. The van der Waals surface area contributed by atoms with Crippen LogP contribution in [-0.2, 0) is 23.2 Å². The molecule has 7 rings (SSSR count). The van der Waals surface area contributed by atoms with Crippen molar-refractivity contribution in [1.82, 2.24) is 20.0 Å². The predicted octanol–water partition coefficient (Wildman–Crippen LogP) is 4.69. The van der Waals surface area contributed by atoms with Gasteiger partial charge in [-0.3, -0.25) is 14.3 Å². The molecule has 0 bridgehead atoms. The number of ether oxygens (including phenoxy) is 2. The Hall–Kier alpha value is -4.45. The molecule has 1 aromatic heterocycles. The average molecular weight is 645 g/mol. The first kappa shape index (κ1) is 31.2. The van der Waals surface area contributed by atoms with Gasteiger partial charge < -0.3 is 30.7 Å². The fraction of sp³-hybridized carbons (Fsp3) is 0.486. The van der Waals surface area contributed by atoms with E-state index in [2.05, 4.69) is 15.7 Å². The van der Waals surface area contributed by atoms with Crippen molar-refractivity contribution >= 4 is 23.6 Å². The first-order chi connectivity index (χ1) is 22.7. The number of anilines is 1.